The van der Waals surface area contributed by atoms with E-state index in [-0.39, 0.29) is 70.7 Å². The molecule has 10 rings (SSSR count). The molecule has 5 aromatic carbocycles. The van der Waals surface area contributed by atoms with E-state index in [0.717, 1.165) is 40.6 Å². The van der Waals surface area contributed by atoms with Crippen LogP contribution in [0, 0.1) is 29.6 Å². The second kappa shape index (κ2) is 32.0. The molecule has 5 saturated heterocycles. The number of carbonyl (C=O) groups excluding carboxylic acids is 2. The number of fused-ring (bicyclic) bond motifs is 2. The van der Waals surface area contributed by atoms with Crippen LogP contribution < -0.4 is 20.7 Å². The number of rotatable bonds is 25. The summed E-state index contributed by atoms with van der Waals surface area (Å²) < 4.78 is 90.1. The number of nitrogens with zero attached hydrogens (tertiary/aromatic N) is 6. The summed E-state index contributed by atoms with van der Waals surface area (Å²) in [5.74, 6) is -2.94. The normalized spacial score (nSPS) is 31.7. The zero-order chi connectivity index (χ0) is 68.5. The van der Waals surface area contributed by atoms with E-state index >= 15 is 0 Å². The van der Waals surface area contributed by atoms with Crippen LogP contribution in [0.1, 0.15) is 106 Å². The first-order chi connectivity index (χ1) is 46.1. The van der Waals surface area contributed by atoms with Crippen LogP contribution in [0.4, 0.5) is 0 Å². The van der Waals surface area contributed by atoms with E-state index in [1.54, 1.807) is 30.3 Å². The van der Waals surface area contributed by atoms with Gasteiger partial charge in [0.2, 0.25) is 0 Å². The number of hydrogen-bond donors (Lipinski definition) is 0. The predicted molar refractivity (Wildman–Crippen MR) is 375 cm³/mol. The van der Waals surface area contributed by atoms with Crippen molar-refractivity contribution < 1.29 is 65.8 Å². The molecule has 25 heteroatoms. The molecule has 5 aliphatic rings. The average Bonchev–Trinajstić information content (AvgIpc) is 0.915. The van der Waals surface area contributed by atoms with Gasteiger partial charge in [-0.15, -0.1) is 0 Å². The molecule has 21 atom stereocenters. The van der Waals surface area contributed by atoms with Crippen LogP contribution in [-0.2, 0) is 61.0 Å². The van der Waals surface area contributed by atoms with Crippen molar-refractivity contribution in [3.63, 3.8) is 0 Å². The van der Waals surface area contributed by atoms with Crippen molar-refractivity contribution in [2.24, 2.45) is 39.8 Å². The molecule has 510 valence electrons. The van der Waals surface area contributed by atoms with E-state index in [2.05, 4.69) is 124 Å². The topological polar surface area (TPSA) is 250 Å². The monoisotopic (exact) mass is 1360 g/mol. The van der Waals surface area contributed by atoms with Crippen LogP contribution >= 0.6 is 8.46 Å². The summed E-state index contributed by atoms with van der Waals surface area (Å²) in [6, 6.07) is 47.6. The van der Waals surface area contributed by atoms with Crippen LogP contribution in [0.15, 0.2) is 162 Å². The first-order valence-electron chi connectivity index (χ1n) is 33.8. The molecule has 96 heavy (non-hydrogen) atoms. The van der Waals surface area contributed by atoms with E-state index < -0.39 is 130 Å². The van der Waals surface area contributed by atoms with Crippen molar-refractivity contribution in [1.29, 1.82) is 0 Å². The van der Waals surface area contributed by atoms with Crippen molar-refractivity contribution in [2.45, 2.75) is 198 Å². The molecule has 5 aliphatic heterocycles. The van der Waals surface area contributed by atoms with Gasteiger partial charge in [-0.3, -0.25) is 0 Å². The fourth-order valence-corrected chi connectivity index (χ4v) is 26.0. The summed E-state index contributed by atoms with van der Waals surface area (Å²) in [5, 5.41) is 12.2. The molecular weight excluding hydrogens is 1270 g/mol. The van der Waals surface area contributed by atoms with Crippen molar-refractivity contribution in [3.8, 4) is 0 Å². The number of ether oxygens (including phenoxy) is 9. The maximum atomic E-state index is 14.8. The molecule has 0 aromatic heterocycles. The van der Waals surface area contributed by atoms with Gasteiger partial charge >= 0.3 is 308 Å². The fraction of sp³-hybridized carbons (Fsp3) is 0.549. The van der Waals surface area contributed by atoms with Gasteiger partial charge in [0.25, 0.3) is 8.32 Å². The molecule has 5 fully saturated rings. The van der Waals surface area contributed by atoms with Crippen LogP contribution in [0.25, 0.3) is 20.9 Å². The molecule has 2 bridgehead atoms. The van der Waals surface area contributed by atoms with E-state index in [1.807, 2.05) is 93.6 Å². The average molecular weight is 1360 g/mol. The summed E-state index contributed by atoms with van der Waals surface area (Å²) in [4.78, 5) is 34.6. The molecule has 0 amide bonds. The summed E-state index contributed by atoms with van der Waals surface area (Å²) >= 11 is 0. The summed E-state index contributed by atoms with van der Waals surface area (Å²) in [7, 11) is -5.62. The van der Waals surface area contributed by atoms with Gasteiger partial charge in [-0.25, -0.2) is 0 Å². The number of hydrogen-bond acceptors (Lipinski definition) is 16. The van der Waals surface area contributed by atoms with Crippen LogP contribution in [0.2, 0.25) is 10.1 Å². The maximum absolute atomic E-state index is 14.8. The number of carbonyl (C=O) groups is 2. The molecule has 0 N–H and O–H groups in total. The first-order valence-corrected chi connectivity index (χ1v) is 38.9. The van der Waals surface area contributed by atoms with Gasteiger partial charge in [-0.1, -0.05) is 126 Å². The molecule has 10 unspecified atom stereocenters. The minimum atomic E-state index is -3.31. The third-order valence-corrected chi connectivity index (χ3v) is 32.4. The third-order valence-electron chi connectivity index (χ3n) is 20.6. The molecule has 0 saturated carbocycles. The zero-order valence-corrected chi connectivity index (χ0v) is 60.2. The van der Waals surface area contributed by atoms with E-state index in [4.69, 9.17) is 51.5 Å². The standard InChI is InChI=1S/C71H93B2N6O14PSi2/c1-43-44(2)61(55-39-38-54(43)86-55)91-67-59(76-78-74)46(4)62(58(88-67)42-85-96(71(10,11)12,52-34-24-16-25-35-52)53-36-26-17-27-37-53)93-69-64(90-66(81)49-28-18-13-19-29-49)47(5)63(57(89-69)40-83-48(6)80)92-68-60(77-79-75)65(94-73-72-82)45(3)56(87-68)41-84-95(70(7,8)9,50-30-20-14-21-31-50)51-32-22-15-23-33-51/h13-37,43-47,54-65,67-69,73,94H,38-42H2,1-12H3/t43-,44+,45+,46+,47-,54?,55?,56?,57?,58?,59?,60?,61?,62-,63-,64?,65-,67-,68-,69-/m0/s1. The van der Waals surface area contributed by atoms with Crippen LogP contribution in [0.5, 0.6) is 0 Å². The molecule has 5 aromatic rings. The predicted octanol–water partition coefficient (Wildman–Crippen LogP) is 10.7. The Kier molecular flexibility index (Phi) is 24.2. The molecule has 5 heterocycles. The van der Waals surface area contributed by atoms with Crippen LogP contribution in [-0.4, -0.2) is 154 Å². The molecule has 20 nitrogen and oxygen atoms in total. The van der Waals surface area contributed by atoms with Crippen molar-refractivity contribution in [2.75, 3.05) is 19.8 Å². The van der Waals surface area contributed by atoms with E-state index in [0.29, 0.717) is 0 Å². The Balaban J connectivity index is 1.05. The first kappa shape index (κ1) is 72.8. The second-order valence-corrected chi connectivity index (χ2v) is 38.6. The number of benzene rings is 5. The molecule has 0 radical (unpaired) electrons. The van der Waals surface area contributed by atoms with Crippen molar-refractivity contribution in [3.05, 3.63) is 178 Å². The van der Waals surface area contributed by atoms with Gasteiger partial charge in [0.15, 0.2) is 6.29 Å². The van der Waals surface area contributed by atoms with Crippen molar-refractivity contribution in [1.82, 2.24) is 0 Å². The SMILES string of the molecule is CC(=O)OCC1O[C@@H](O[C@@H]2C(CO[Si](c3ccccc3)(c3ccccc3)C(C)(C)C)O[C@@H](OC3C4CCC(O4)[C@@H](C)[C@H]3C)C(N=[N+]=[N-])[C@H]2C)C(OC(=O)c2ccccc2)[C@@H](C)[C@@H]1O[C@@H]1OC(CO[Si](c2ccccc2)(c2ccccc2)C(C)(C)C)[C@@H](C)[C@H](PBB=O)C1N=[N+]=[N-]. The van der Waals surface area contributed by atoms with Crippen molar-refractivity contribution >= 4 is 71.7 Å². The summed E-state index contributed by atoms with van der Waals surface area (Å²) in [6.07, 6.45) is -8.91. The summed E-state index contributed by atoms with van der Waals surface area (Å²) in [5.41, 5.74) is 20.7. The number of azide groups is 2. The van der Waals surface area contributed by atoms with Gasteiger partial charge < -0.3 is 18.6 Å². The van der Waals surface area contributed by atoms with E-state index in [9.17, 15) is 25.4 Å². The van der Waals surface area contributed by atoms with Crippen LogP contribution in [0.3, 0.4) is 0 Å². The Hall–Kier alpha value is -5.91. The molecule has 0 aliphatic carbocycles. The third kappa shape index (κ3) is 15.4. The molecular formula is C71H93B2N6O14PSi2. The van der Waals surface area contributed by atoms with Gasteiger partial charge in [0.1, 0.15) is 6.10 Å². The van der Waals surface area contributed by atoms with Gasteiger partial charge in [0, 0.05) is 4.91 Å². The van der Waals surface area contributed by atoms with E-state index in [1.165, 1.54) is 6.92 Å². The summed E-state index contributed by atoms with van der Waals surface area (Å²) in [6.45, 7) is 24.4. The molecule has 0 spiro atoms. The Morgan fingerprint density at radius 1 is 0.531 bits per heavy atom. The quantitative estimate of drug-likeness (QED) is 0.0132. The number of esters is 2. The Bertz CT molecular complexity index is 3400. The minimum absolute atomic E-state index is 0.00659. The Morgan fingerprint density at radius 2 is 0.958 bits per heavy atom. The Morgan fingerprint density at radius 3 is 1.46 bits per heavy atom. The fourth-order valence-electron chi connectivity index (χ4n) is 15.4. The van der Waals surface area contributed by atoms with Gasteiger partial charge in [0.05, 0.1) is 31.0 Å². The second-order valence-electron chi connectivity index (χ2n) is 28.5. The Labute approximate surface area is 569 Å². The zero-order valence-electron chi connectivity index (χ0n) is 57.2. The van der Waals surface area contributed by atoms with Gasteiger partial charge in [-0.2, -0.15) is 0 Å². The van der Waals surface area contributed by atoms with Gasteiger partial charge in [-0.05, 0) is 63.7 Å².